The summed E-state index contributed by atoms with van der Waals surface area (Å²) >= 11 is 1.56. The molecule has 11 rings (SSSR count). The molecular formula is C51H31N3OS. The maximum atomic E-state index is 8.69. The fourth-order valence-corrected chi connectivity index (χ4v) is 8.95. The highest BCUT2D eigenvalue weighted by atomic mass is 32.1. The third-order valence-corrected chi connectivity index (χ3v) is 11.6. The van der Waals surface area contributed by atoms with Gasteiger partial charge < -0.3 is 4.42 Å². The molecule has 4 nitrogen and oxygen atoms in total. The number of hydrogen-bond acceptors (Lipinski definition) is 5. The summed E-state index contributed by atoms with van der Waals surface area (Å²) in [6.45, 7) is 0. The summed E-state index contributed by atoms with van der Waals surface area (Å²) in [6.07, 6.45) is 0. The van der Waals surface area contributed by atoms with Crippen LogP contribution in [0.15, 0.2) is 192 Å². The molecule has 11 aromatic rings. The molecule has 0 amide bonds. The third kappa shape index (κ3) is 5.48. The molecule has 0 spiro atoms. The molecule has 56 heavy (non-hydrogen) atoms. The molecule has 0 fully saturated rings. The second-order valence-electron chi connectivity index (χ2n) is 13.6. The van der Waals surface area contributed by atoms with Gasteiger partial charge in [-0.1, -0.05) is 170 Å². The molecule has 0 radical (unpaired) electrons. The summed E-state index contributed by atoms with van der Waals surface area (Å²) in [5.74, 6) is 1.61. The highest BCUT2D eigenvalue weighted by molar-refractivity contribution is 7.26. The molecule has 0 N–H and O–H groups in total. The van der Waals surface area contributed by atoms with Crippen LogP contribution in [0.3, 0.4) is 0 Å². The Hall–Kier alpha value is -7.21. The minimum Gasteiger partial charge on any atom is -0.456 e. The second kappa shape index (κ2) is 13.3. The van der Waals surface area contributed by atoms with Gasteiger partial charge in [0.2, 0.25) is 0 Å². The SMILES string of the molecule is [2H]c1c([2H])c([2H])c(-c2cccc3c2sc2c(-c4ccc(-c5nc(-c6ccc7c(c6)oc6ccccc67)nc(-c6ccccc6-c6ccccc6)n5)cc4)cccc23)c([2H])c1[2H]. The van der Waals surface area contributed by atoms with Gasteiger partial charge in [-0.3, -0.25) is 0 Å². The number of nitrogens with zero attached hydrogens (tertiary/aromatic N) is 3. The Balaban J connectivity index is 1.04. The number of rotatable bonds is 6. The Bertz CT molecular complexity index is 3520. The molecule has 8 aromatic carbocycles. The zero-order valence-electron chi connectivity index (χ0n) is 34.7. The van der Waals surface area contributed by atoms with Crippen LogP contribution in [0.25, 0.3) is 110 Å². The molecule has 3 aromatic heterocycles. The summed E-state index contributed by atoms with van der Waals surface area (Å²) in [5, 5.41) is 4.07. The van der Waals surface area contributed by atoms with E-state index in [4.69, 9.17) is 26.2 Å². The van der Waals surface area contributed by atoms with Gasteiger partial charge in [0.1, 0.15) is 11.2 Å². The lowest BCUT2D eigenvalue weighted by atomic mass is 9.99. The van der Waals surface area contributed by atoms with Crippen LogP contribution in [0.1, 0.15) is 6.85 Å². The molecule has 0 aliphatic carbocycles. The van der Waals surface area contributed by atoms with E-state index >= 15 is 0 Å². The quantitative estimate of drug-likeness (QED) is 0.170. The van der Waals surface area contributed by atoms with Crippen molar-refractivity contribution in [1.82, 2.24) is 15.0 Å². The van der Waals surface area contributed by atoms with E-state index in [0.29, 0.717) is 23.0 Å². The van der Waals surface area contributed by atoms with E-state index in [0.717, 1.165) is 81.1 Å². The predicted octanol–water partition coefficient (Wildman–Crippen LogP) is 14.1. The lowest BCUT2D eigenvalue weighted by Gasteiger charge is -2.12. The topological polar surface area (TPSA) is 51.8 Å². The maximum absolute atomic E-state index is 8.69. The van der Waals surface area contributed by atoms with Crippen LogP contribution in [0.4, 0.5) is 0 Å². The van der Waals surface area contributed by atoms with Gasteiger partial charge >= 0.3 is 0 Å². The second-order valence-corrected chi connectivity index (χ2v) is 14.6. The minimum absolute atomic E-state index is 0.203. The molecule has 0 saturated carbocycles. The van der Waals surface area contributed by atoms with Crippen molar-refractivity contribution in [3.05, 3.63) is 188 Å². The monoisotopic (exact) mass is 738 g/mol. The first-order valence-electron chi connectivity index (χ1n) is 20.8. The molecule has 0 aliphatic heterocycles. The first-order valence-corrected chi connectivity index (χ1v) is 19.1. The summed E-state index contributed by atoms with van der Waals surface area (Å²) < 4.78 is 50.3. The first-order chi connectivity index (χ1) is 29.8. The predicted molar refractivity (Wildman–Crippen MR) is 233 cm³/mol. The van der Waals surface area contributed by atoms with E-state index in [1.165, 1.54) is 0 Å². The molecule has 5 heteroatoms. The van der Waals surface area contributed by atoms with Crippen molar-refractivity contribution in [2.45, 2.75) is 0 Å². The average molecular weight is 739 g/mol. The fraction of sp³-hybridized carbons (Fsp3) is 0. The van der Waals surface area contributed by atoms with Gasteiger partial charge in [-0.2, -0.15) is 0 Å². The molecule has 0 atom stereocenters. The zero-order valence-corrected chi connectivity index (χ0v) is 30.5. The van der Waals surface area contributed by atoms with Crippen LogP contribution in [0, 0.1) is 0 Å². The molecule has 0 bridgehead atoms. The number of furan rings is 1. The third-order valence-electron chi connectivity index (χ3n) is 10.3. The van der Waals surface area contributed by atoms with Gasteiger partial charge in [-0.15, -0.1) is 11.3 Å². The number of benzene rings is 8. The number of hydrogen-bond donors (Lipinski definition) is 0. The van der Waals surface area contributed by atoms with Gasteiger partial charge in [-0.25, -0.2) is 15.0 Å². The molecule has 0 saturated heterocycles. The van der Waals surface area contributed by atoms with E-state index < -0.39 is 6.04 Å². The van der Waals surface area contributed by atoms with E-state index in [1.807, 2.05) is 103 Å². The Morgan fingerprint density at radius 3 is 1.68 bits per heavy atom. The Morgan fingerprint density at radius 1 is 0.375 bits per heavy atom. The van der Waals surface area contributed by atoms with Crippen LogP contribution < -0.4 is 0 Å². The van der Waals surface area contributed by atoms with E-state index in [-0.39, 0.29) is 29.7 Å². The fourth-order valence-electron chi connectivity index (χ4n) is 7.60. The summed E-state index contributed by atoms with van der Waals surface area (Å²) in [5.41, 5.74) is 9.00. The van der Waals surface area contributed by atoms with Crippen molar-refractivity contribution >= 4 is 53.4 Å². The smallest absolute Gasteiger partial charge is 0.164 e. The van der Waals surface area contributed by atoms with Crippen molar-refractivity contribution in [2.75, 3.05) is 0 Å². The van der Waals surface area contributed by atoms with Crippen molar-refractivity contribution in [1.29, 1.82) is 0 Å². The highest BCUT2D eigenvalue weighted by Crippen LogP contribution is 2.44. The standard InChI is InChI=1S/C51H31N3OS/c1-3-13-32(14-4-1)37-17-7-8-19-44(37)51-53-49(52-50(54-51)36-29-30-41-40-18-9-10-24-45(40)55-46(41)31-36)35-27-25-34(26-28-35)39-21-12-23-43-42-22-11-20-38(47(42)56-48(39)43)33-15-5-2-6-16-33/h1-31H/i2D,5D,6D,15D,16D. The van der Waals surface area contributed by atoms with E-state index in [9.17, 15) is 0 Å². The zero-order chi connectivity index (χ0) is 41.4. The highest BCUT2D eigenvalue weighted by Gasteiger charge is 2.18. The normalized spacial score (nSPS) is 12.8. The maximum Gasteiger partial charge on any atom is 0.164 e. The van der Waals surface area contributed by atoms with Crippen LogP contribution in [0.5, 0.6) is 0 Å². The minimum atomic E-state index is -0.404. The van der Waals surface area contributed by atoms with Gasteiger partial charge in [0.15, 0.2) is 17.5 Å². The molecule has 0 aliphatic rings. The Kier molecular flexibility index (Phi) is 6.49. The molecule has 0 unspecified atom stereocenters. The van der Waals surface area contributed by atoms with Crippen LogP contribution in [-0.4, -0.2) is 15.0 Å². The van der Waals surface area contributed by atoms with Crippen LogP contribution >= 0.6 is 11.3 Å². The van der Waals surface area contributed by atoms with Crippen molar-refractivity contribution in [3.8, 4) is 67.5 Å². The Labute approximate surface area is 334 Å². The summed E-state index contributed by atoms with van der Waals surface area (Å²) in [7, 11) is 0. The van der Waals surface area contributed by atoms with Gasteiger partial charge in [-0.05, 0) is 51.6 Å². The summed E-state index contributed by atoms with van der Waals surface area (Å²) in [6, 6.07) is 51.2. The lowest BCUT2D eigenvalue weighted by Crippen LogP contribution is -2.01. The van der Waals surface area contributed by atoms with Crippen molar-refractivity contribution in [2.24, 2.45) is 0 Å². The van der Waals surface area contributed by atoms with Gasteiger partial charge in [0, 0.05) is 47.6 Å². The number of thiophene rings is 1. The largest absolute Gasteiger partial charge is 0.456 e. The van der Waals surface area contributed by atoms with E-state index in [1.54, 1.807) is 11.3 Å². The number of para-hydroxylation sites is 1. The van der Waals surface area contributed by atoms with Crippen LogP contribution in [-0.2, 0) is 0 Å². The number of aromatic nitrogens is 3. The van der Waals surface area contributed by atoms with Gasteiger partial charge in [0.25, 0.3) is 0 Å². The summed E-state index contributed by atoms with van der Waals surface area (Å²) in [4.78, 5) is 15.3. The molecule has 3 heterocycles. The average Bonchev–Trinajstić information content (AvgIpc) is 3.89. The van der Waals surface area contributed by atoms with Crippen molar-refractivity contribution < 1.29 is 11.3 Å². The molecule has 262 valence electrons. The lowest BCUT2D eigenvalue weighted by molar-refractivity contribution is 0.669. The van der Waals surface area contributed by atoms with Crippen molar-refractivity contribution in [3.63, 3.8) is 0 Å². The van der Waals surface area contributed by atoms with E-state index in [2.05, 4.69) is 54.6 Å². The molecular weight excluding hydrogens is 703 g/mol. The van der Waals surface area contributed by atoms with Gasteiger partial charge in [0.05, 0.1) is 6.85 Å². The van der Waals surface area contributed by atoms with Crippen LogP contribution in [0.2, 0.25) is 0 Å². The first kappa shape index (κ1) is 27.4. The number of fused-ring (bicyclic) bond motifs is 6. The Morgan fingerprint density at radius 2 is 0.911 bits per heavy atom.